The van der Waals surface area contributed by atoms with Crippen LogP contribution in [-0.2, 0) is 14.6 Å². The molecule has 1 fully saturated rings. The van der Waals surface area contributed by atoms with Crippen LogP contribution in [0.3, 0.4) is 0 Å². The molecule has 0 N–H and O–H groups in total. The van der Waals surface area contributed by atoms with Gasteiger partial charge in [-0.1, -0.05) is 12.8 Å². The maximum Gasteiger partial charge on any atom is 0.246 e. The van der Waals surface area contributed by atoms with Gasteiger partial charge in [-0.2, -0.15) is 0 Å². The van der Waals surface area contributed by atoms with E-state index >= 15 is 0 Å². The second kappa shape index (κ2) is 6.69. The highest BCUT2D eigenvalue weighted by Gasteiger charge is 2.36. The molecule has 22 heavy (non-hydrogen) atoms. The lowest BCUT2D eigenvalue weighted by molar-refractivity contribution is -0.127. The molecule has 5 nitrogen and oxygen atoms in total. The van der Waals surface area contributed by atoms with Crippen molar-refractivity contribution in [1.82, 2.24) is 4.90 Å². The Balaban J connectivity index is 2.09. The van der Waals surface area contributed by atoms with Gasteiger partial charge in [0, 0.05) is 25.4 Å². The van der Waals surface area contributed by atoms with Crippen LogP contribution in [0.1, 0.15) is 37.2 Å². The van der Waals surface area contributed by atoms with E-state index in [1.54, 1.807) is 24.1 Å². The Morgan fingerprint density at radius 1 is 1.32 bits per heavy atom. The van der Waals surface area contributed by atoms with E-state index in [9.17, 15) is 13.2 Å². The molecule has 0 aromatic carbocycles. The molecule has 1 amide bonds. The van der Waals surface area contributed by atoms with E-state index in [2.05, 4.69) is 0 Å². The number of hydrogen-bond acceptors (Lipinski definition) is 4. The summed E-state index contributed by atoms with van der Waals surface area (Å²) < 4.78 is 29.3. The van der Waals surface area contributed by atoms with Crippen LogP contribution in [0.2, 0.25) is 0 Å². The zero-order valence-corrected chi connectivity index (χ0v) is 14.1. The van der Waals surface area contributed by atoms with Gasteiger partial charge in [0.15, 0.2) is 9.84 Å². The van der Waals surface area contributed by atoms with Crippen LogP contribution in [0, 0.1) is 6.92 Å². The van der Waals surface area contributed by atoms with Crippen molar-refractivity contribution in [3.05, 3.63) is 29.7 Å². The SMILES string of the molecule is Cc1ccc(/C=C\C(=O)N(C)[C@@H]2CCCC[C@@H]2S(C)(=O)=O)o1. The Morgan fingerprint density at radius 2 is 2.00 bits per heavy atom. The van der Waals surface area contributed by atoms with Gasteiger partial charge in [0.1, 0.15) is 11.5 Å². The first-order valence-electron chi connectivity index (χ1n) is 7.49. The van der Waals surface area contributed by atoms with Crippen molar-refractivity contribution in [3.63, 3.8) is 0 Å². The molecule has 1 aromatic heterocycles. The third kappa shape index (κ3) is 4.00. The number of furan rings is 1. The summed E-state index contributed by atoms with van der Waals surface area (Å²) in [7, 11) is -1.48. The number of hydrogen-bond donors (Lipinski definition) is 0. The fourth-order valence-corrected chi connectivity index (χ4v) is 4.48. The Morgan fingerprint density at radius 3 is 2.59 bits per heavy atom. The molecule has 0 radical (unpaired) electrons. The largest absolute Gasteiger partial charge is 0.462 e. The third-order valence-electron chi connectivity index (χ3n) is 4.21. The first-order valence-corrected chi connectivity index (χ1v) is 9.44. The molecule has 2 rings (SSSR count). The third-order valence-corrected chi connectivity index (χ3v) is 5.86. The second-order valence-electron chi connectivity index (χ2n) is 5.95. The van der Waals surface area contributed by atoms with Gasteiger partial charge in [-0.05, 0) is 38.0 Å². The van der Waals surface area contributed by atoms with Gasteiger partial charge in [-0.25, -0.2) is 8.42 Å². The summed E-state index contributed by atoms with van der Waals surface area (Å²) >= 11 is 0. The average molecular weight is 325 g/mol. The zero-order valence-electron chi connectivity index (χ0n) is 13.3. The van der Waals surface area contributed by atoms with Crippen LogP contribution in [0.25, 0.3) is 6.08 Å². The molecule has 0 aliphatic heterocycles. The Kier molecular flexibility index (Phi) is 5.11. The van der Waals surface area contributed by atoms with Crippen molar-refractivity contribution in [2.45, 2.75) is 43.9 Å². The molecule has 1 saturated carbocycles. The molecule has 1 aliphatic rings. The summed E-state index contributed by atoms with van der Waals surface area (Å²) in [6.07, 6.45) is 7.52. The van der Waals surface area contributed by atoms with E-state index in [1.807, 2.05) is 13.0 Å². The first-order chi connectivity index (χ1) is 10.3. The van der Waals surface area contributed by atoms with Gasteiger partial charge in [0.05, 0.1) is 5.25 Å². The lowest BCUT2D eigenvalue weighted by atomic mass is 9.94. The van der Waals surface area contributed by atoms with Gasteiger partial charge in [-0.3, -0.25) is 4.79 Å². The average Bonchev–Trinajstić information content (AvgIpc) is 2.88. The number of carbonyl (C=O) groups is 1. The van der Waals surface area contributed by atoms with Crippen molar-refractivity contribution < 1.29 is 17.6 Å². The summed E-state index contributed by atoms with van der Waals surface area (Å²) in [5.74, 6) is 1.20. The van der Waals surface area contributed by atoms with Gasteiger partial charge in [0.2, 0.25) is 5.91 Å². The van der Waals surface area contributed by atoms with E-state index in [0.717, 1.165) is 25.0 Å². The van der Waals surface area contributed by atoms with Crippen molar-refractivity contribution in [1.29, 1.82) is 0 Å². The minimum Gasteiger partial charge on any atom is -0.462 e. The smallest absolute Gasteiger partial charge is 0.246 e. The molecule has 0 saturated heterocycles. The number of aryl methyl sites for hydroxylation is 1. The molecule has 2 atom stereocenters. The lowest BCUT2D eigenvalue weighted by Crippen LogP contribution is -2.48. The van der Waals surface area contributed by atoms with Gasteiger partial charge < -0.3 is 9.32 Å². The van der Waals surface area contributed by atoms with Gasteiger partial charge in [0.25, 0.3) is 0 Å². The standard InChI is InChI=1S/C16H23NO4S/c1-12-8-9-13(21-12)10-11-16(18)17(2)14-6-4-5-7-15(14)22(3,19)20/h8-11,14-15H,4-7H2,1-3H3/b11-10-/t14-,15+/m1/s1. The minimum absolute atomic E-state index is 0.199. The van der Waals surface area contributed by atoms with Crippen LogP contribution in [0.5, 0.6) is 0 Å². The zero-order chi connectivity index (χ0) is 16.3. The molecule has 1 aliphatic carbocycles. The van der Waals surface area contributed by atoms with Crippen LogP contribution >= 0.6 is 0 Å². The number of amides is 1. The van der Waals surface area contributed by atoms with E-state index < -0.39 is 15.1 Å². The first kappa shape index (κ1) is 16.8. The Hall–Kier alpha value is -1.56. The van der Waals surface area contributed by atoms with Crippen molar-refractivity contribution in [2.24, 2.45) is 0 Å². The van der Waals surface area contributed by atoms with E-state index in [1.165, 1.54) is 12.3 Å². The molecule has 6 heteroatoms. The molecular formula is C16H23NO4S. The van der Waals surface area contributed by atoms with Gasteiger partial charge >= 0.3 is 0 Å². The molecular weight excluding hydrogens is 302 g/mol. The van der Waals surface area contributed by atoms with Crippen LogP contribution in [0.4, 0.5) is 0 Å². The molecule has 122 valence electrons. The fraction of sp³-hybridized carbons (Fsp3) is 0.562. The van der Waals surface area contributed by atoms with Crippen LogP contribution in [-0.4, -0.2) is 43.8 Å². The highest BCUT2D eigenvalue weighted by molar-refractivity contribution is 7.91. The van der Waals surface area contributed by atoms with E-state index in [-0.39, 0.29) is 11.9 Å². The number of nitrogens with zero attached hydrogens (tertiary/aromatic N) is 1. The summed E-state index contributed by atoms with van der Waals surface area (Å²) in [6, 6.07) is 3.37. The number of rotatable bonds is 4. The predicted molar refractivity (Wildman–Crippen MR) is 86.1 cm³/mol. The minimum atomic E-state index is -3.15. The molecule has 1 heterocycles. The normalized spacial score (nSPS) is 22.9. The quantitative estimate of drug-likeness (QED) is 0.797. The highest BCUT2D eigenvalue weighted by atomic mass is 32.2. The Labute approximate surface area is 131 Å². The Bertz CT molecular complexity index is 659. The van der Waals surface area contributed by atoms with E-state index in [4.69, 9.17) is 4.42 Å². The summed E-state index contributed by atoms with van der Waals surface area (Å²) in [4.78, 5) is 13.9. The monoisotopic (exact) mass is 325 g/mol. The maximum atomic E-state index is 12.3. The van der Waals surface area contributed by atoms with E-state index in [0.29, 0.717) is 12.2 Å². The summed E-state index contributed by atoms with van der Waals surface area (Å²) in [6.45, 7) is 1.84. The summed E-state index contributed by atoms with van der Waals surface area (Å²) in [5, 5.41) is -0.463. The highest BCUT2D eigenvalue weighted by Crippen LogP contribution is 2.27. The molecule has 0 bridgehead atoms. The topological polar surface area (TPSA) is 67.6 Å². The van der Waals surface area contributed by atoms with Crippen LogP contribution < -0.4 is 0 Å². The fourth-order valence-electron chi connectivity index (χ4n) is 3.00. The van der Waals surface area contributed by atoms with Crippen molar-refractivity contribution in [3.8, 4) is 0 Å². The molecule has 1 aromatic rings. The predicted octanol–water partition coefficient (Wildman–Crippen LogP) is 2.42. The maximum absolute atomic E-state index is 12.3. The number of likely N-dealkylation sites (N-methyl/N-ethyl adjacent to an activating group) is 1. The molecule has 0 unspecified atom stereocenters. The lowest BCUT2D eigenvalue weighted by Gasteiger charge is -2.36. The van der Waals surface area contributed by atoms with Gasteiger partial charge in [-0.15, -0.1) is 0 Å². The number of carbonyl (C=O) groups excluding carboxylic acids is 1. The van der Waals surface area contributed by atoms with Crippen molar-refractivity contribution in [2.75, 3.05) is 13.3 Å². The molecule has 0 spiro atoms. The second-order valence-corrected chi connectivity index (χ2v) is 8.22. The summed E-state index contributed by atoms with van der Waals surface area (Å²) in [5.41, 5.74) is 0. The number of sulfone groups is 1. The van der Waals surface area contributed by atoms with Crippen LogP contribution in [0.15, 0.2) is 22.6 Å². The van der Waals surface area contributed by atoms with Crippen molar-refractivity contribution >= 4 is 21.8 Å².